The molecule has 3 rings (SSSR count). The van der Waals surface area contributed by atoms with Crippen LogP contribution >= 0.6 is 0 Å². The number of likely N-dealkylation sites (tertiary alicyclic amines) is 1. The van der Waals surface area contributed by atoms with Crippen LogP contribution in [0.15, 0.2) is 24.3 Å². The van der Waals surface area contributed by atoms with Crippen molar-refractivity contribution in [3.05, 3.63) is 29.8 Å². The molecule has 2 aliphatic rings. The lowest BCUT2D eigenvalue weighted by atomic mass is 9.95. The SMILES string of the molecule is CC(=O)N1CCC(C(=O)N(C)CCCC[C@H]2C(=O)N(C)CCCCCOc3ccccc3C(=O)N2C)CC1. The Morgan fingerprint density at radius 2 is 1.71 bits per heavy atom. The van der Waals surface area contributed by atoms with Crippen molar-refractivity contribution in [2.75, 3.05) is 53.9 Å². The summed E-state index contributed by atoms with van der Waals surface area (Å²) in [6.45, 7) is 4.60. The van der Waals surface area contributed by atoms with Crippen molar-refractivity contribution < 1.29 is 23.9 Å². The Bertz CT molecular complexity index is 975. The predicted octanol–water partition coefficient (Wildman–Crippen LogP) is 3.04. The number of benzene rings is 1. The summed E-state index contributed by atoms with van der Waals surface area (Å²) in [4.78, 5) is 58.2. The number of rotatable bonds is 6. The number of hydrogen-bond donors (Lipinski definition) is 0. The Morgan fingerprint density at radius 3 is 2.42 bits per heavy atom. The fourth-order valence-electron chi connectivity index (χ4n) is 5.31. The fraction of sp³-hybridized carbons (Fsp3) is 0.655. The minimum atomic E-state index is -0.585. The maximum Gasteiger partial charge on any atom is 0.258 e. The summed E-state index contributed by atoms with van der Waals surface area (Å²) in [7, 11) is 5.32. The second kappa shape index (κ2) is 14.2. The van der Waals surface area contributed by atoms with E-state index in [1.54, 1.807) is 45.7 Å². The van der Waals surface area contributed by atoms with Crippen LogP contribution in [0.2, 0.25) is 0 Å². The summed E-state index contributed by atoms with van der Waals surface area (Å²) in [6.07, 6.45) is 6.06. The van der Waals surface area contributed by atoms with Gasteiger partial charge in [-0.1, -0.05) is 12.1 Å². The van der Waals surface area contributed by atoms with Gasteiger partial charge in [-0.05, 0) is 63.5 Å². The van der Waals surface area contributed by atoms with Crippen molar-refractivity contribution in [3.8, 4) is 5.75 Å². The van der Waals surface area contributed by atoms with Gasteiger partial charge in [-0.25, -0.2) is 0 Å². The molecular weight excluding hydrogens is 484 g/mol. The van der Waals surface area contributed by atoms with Crippen LogP contribution in [-0.2, 0) is 14.4 Å². The summed E-state index contributed by atoms with van der Waals surface area (Å²) >= 11 is 0. The van der Waals surface area contributed by atoms with Crippen molar-refractivity contribution in [1.29, 1.82) is 0 Å². The summed E-state index contributed by atoms with van der Waals surface area (Å²) < 4.78 is 5.92. The van der Waals surface area contributed by atoms with Crippen molar-refractivity contribution >= 4 is 23.6 Å². The average molecular weight is 529 g/mol. The monoisotopic (exact) mass is 528 g/mol. The third-order valence-electron chi connectivity index (χ3n) is 7.85. The number of hydrogen-bond acceptors (Lipinski definition) is 5. The number of piperidine rings is 1. The first kappa shape index (κ1) is 29.5. The minimum Gasteiger partial charge on any atom is -0.493 e. The zero-order valence-corrected chi connectivity index (χ0v) is 23.5. The quantitative estimate of drug-likeness (QED) is 0.530. The van der Waals surface area contributed by atoms with E-state index in [1.165, 1.54) is 0 Å². The predicted molar refractivity (Wildman–Crippen MR) is 146 cm³/mol. The van der Waals surface area contributed by atoms with Gasteiger partial charge >= 0.3 is 0 Å². The summed E-state index contributed by atoms with van der Waals surface area (Å²) in [5.41, 5.74) is 0.468. The molecule has 9 heteroatoms. The van der Waals surface area contributed by atoms with Gasteiger partial charge in [0.25, 0.3) is 5.91 Å². The van der Waals surface area contributed by atoms with E-state index in [4.69, 9.17) is 4.74 Å². The summed E-state index contributed by atoms with van der Waals surface area (Å²) in [5.74, 6) is 0.404. The van der Waals surface area contributed by atoms with Gasteiger partial charge in [0, 0.05) is 60.2 Å². The zero-order valence-electron chi connectivity index (χ0n) is 23.5. The van der Waals surface area contributed by atoms with Gasteiger partial charge in [0.15, 0.2) is 0 Å². The zero-order chi connectivity index (χ0) is 27.7. The molecule has 210 valence electrons. The molecule has 9 nitrogen and oxygen atoms in total. The van der Waals surface area contributed by atoms with Crippen molar-refractivity contribution in [3.63, 3.8) is 0 Å². The molecule has 1 atom stereocenters. The third-order valence-corrected chi connectivity index (χ3v) is 7.85. The van der Waals surface area contributed by atoms with E-state index in [2.05, 4.69) is 0 Å². The lowest BCUT2D eigenvalue weighted by Crippen LogP contribution is -2.48. The van der Waals surface area contributed by atoms with E-state index in [0.717, 1.165) is 25.7 Å². The molecular formula is C29H44N4O5. The largest absolute Gasteiger partial charge is 0.493 e. The molecule has 38 heavy (non-hydrogen) atoms. The molecule has 2 heterocycles. The van der Waals surface area contributed by atoms with Crippen molar-refractivity contribution in [2.45, 2.75) is 64.3 Å². The molecule has 0 bridgehead atoms. The molecule has 1 aromatic rings. The number of likely N-dealkylation sites (N-methyl/N-ethyl adjacent to an activating group) is 2. The van der Waals surface area contributed by atoms with Crippen molar-refractivity contribution in [1.82, 2.24) is 19.6 Å². The number of amides is 4. The first-order valence-electron chi connectivity index (χ1n) is 13.9. The topological polar surface area (TPSA) is 90.5 Å². The van der Waals surface area contributed by atoms with Crippen LogP contribution in [0.1, 0.15) is 68.6 Å². The molecule has 1 aromatic carbocycles. The lowest BCUT2D eigenvalue weighted by molar-refractivity contribution is -0.139. The van der Waals surface area contributed by atoms with E-state index < -0.39 is 6.04 Å². The highest BCUT2D eigenvalue weighted by molar-refractivity contribution is 5.99. The second-order valence-corrected chi connectivity index (χ2v) is 10.6. The molecule has 0 unspecified atom stereocenters. The standard InChI is InChI=1S/C29H44N4O5/c1-22(34)33-19-15-23(16-20-33)27(35)30(2)18-10-8-13-25-29(37)31(3)17-9-5-11-21-38-26-14-7-6-12-24(26)28(36)32(25)4/h6-7,12,14,23,25H,5,8-11,13,15-21H2,1-4H3/t25-/m0/s1. The van der Waals surface area contributed by atoms with Crippen LogP contribution < -0.4 is 4.74 Å². The number of nitrogens with zero attached hydrogens (tertiary/aromatic N) is 4. The van der Waals surface area contributed by atoms with Gasteiger partial charge in [0.1, 0.15) is 11.8 Å². The smallest absolute Gasteiger partial charge is 0.258 e. The molecule has 0 radical (unpaired) electrons. The molecule has 0 saturated carbocycles. The molecule has 0 spiro atoms. The van der Waals surface area contributed by atoms with Crippen LogP contribution in [-0.4, -0.2) is 103 Å². The Balaban J connectivity index is 1.60. The highest BCUT2D eigenvalue weighted by Crippen LogP contribution is 2.24. The van der Waals surface area contributed by atoms with Crippen LogP contribution in [0.4, 0.5) is 0 Å². The number of unbranched alkanes of at least 4 members (excludes halogenated alkanes) is 1. The Morgan fingerprint density at radius 1 is 1.00 bits per heavy atom. The van der Waals surface area contributed by atoms with Crippen LogP contribution in [0.5, 0.6) is 5.75 Å². The second-order valence-electron chi connectivity index (χ2n) is 10.6. The van der Waals surface area contributed by atoms with E-state index in [9.17, 15) is 19.2 Å². The highest BCUT2D eigenvalue weighted by atomic mass is 16.5. The number of carbonyl (C=O) groups excluding carboxylic acids is 4. The fourth-order valence-corrected chi connectivity index (χ4v) is 5.31. The Labute approximate surface area is 227 Å². The number of ether oxygens (including phenoxy) is 1. The number of fused-ring (bicyclic) bond motifs is 1. The summed E-state index contributed by atoms with van der Waals surface area (Å²) in [5, 5.41) is 0. The molecule has 4 amide bonds. The molecule has 2 aliphatic heterocycles. The van der Waals surface area contributed by atoms with Gasteiger partial charge < -0.3 is 24.3 Å². The van der Waals surface area contributed by atoms with Crippen LogP contribution in [0.3, 0.4) is 0 Å². The average Bonchev–Trinajstić information content (AvgIpc) is 2.93. The first-order chi connectivity index (χ1) is 18.2. The molecule has 0 aromatic heterocycles. The molecule has 1 fully saturated rings. The van der Waals surface area contributed by atoms with E-state index in [-0.39, 0.29) is 29.5 Å². The Hall–Kier alpha value is -3.10. The van der Waals surface area contributed by atoms with E-state index in [1.807, 2.05) is 26.2 Å². The minimum absolute atomic E-state index is 0.0488. The number of para-hydroxylation sites is 1. The van der Waals surface area contributed by atoms with Gasteiger partial charge in [-0.15, -0.1) is 0 Å². The van der Waals surface area contributed by atoms with E-state index >= 15 is 0 Å². The van der Waals surface area contributed by atoms with E-state index in [0.29, 0.717) is 69.8 Å². The third kappa shape index (κ3) is 7.71. The maximum atomic E-state index is 13.5. The lowest BCUT2D eigenvalue weighted by Gasteiger charge is -2.33. The summed E-state index contributed by atoms with van der Waals surface area (Å²) in [6, 6.07) is 6.64. The highest BCUT2D eigenvalue weighted by Gasteiger charge is 2.31. The molecule has 0 N–H and O–H groups in total. The van der Waals surface area contributed by atoms with Gasteiger partial charge in [-0.3, -0.25) is 19.2 Å². The normalized spacial score (nSPS) is 20.1. The van der Waals surface area contributed by atoms with Gasteiger partial charge in [-0.2, -0.15) is 0 Å². The maximum absolute atomic E-state index is 13.5. The van der Waals surface area contributed by atoms with Gasteiger partial charge in [0.05, 0.1) is 12.2 Å². The first-order valence-corrected chi connectivity index (χ1v) is 13.9. The van der Waals surface area contributed by atoms with Crippen molar-refractivity contribution in [2.24, 2.45) is 5.92 Å². The molecule has 0 aliphatic carbocycles. The van der Waals surface area contributed by atoms with Gasteiger partial charge in [0.2, 0.25) is 17.7 Å². The van der Waals surface area contributed by atoms with Crippen LogP contribution in [0, 0.1) is 5.92 Å². The van der Waals surface area contributed by atoms with Crippen LogP contribution in [0.25, 0.3) is 0 Å². The molecule has 1 saturated heterocycles. The Kier molecular flexibility index (Phi) is 11.0. The number of carbonyl (C=O) groups is 4.